The summed E-state index contributed by atoms with van der Waals surface area (Å²) in [7, 11) is 0. The summed E-state index contributed by atoms with van der Waals surface area (Å²) in [6, 6.07) is 7.65. The van der Waals surface area contributed by atoms with Crippen molar-refractivity contribution in [3.05, 3.63) is 29.3 Å². The van der Waals surface area contributed by atoms with Gasteiger partial charge in [0.15, 0.2) is 5.01 Å². The molecule has 0 N–H and O–H groups in total. The molecule has 1 aliphatic rings. The summed E-state index contributed by atoms with van der Waals surface area (Å²) in [6.45, 7) is 8.87. The van der Waals surface area contributed by atoms with E-state index >= 15 is 0 Å². The van der Waals surface area contributed by atoms with Crippen LogP contribution < -0.4 is 4.90 Å². The van der Waals surface area contributed by atoms with Gasteiger partial charge in [-0.25, -0.2) is 0 Å². The van der Waals surface area contributed by atoms with E-state index in [4.69, 9.17) is 11.6 Å². The Labute approximate surface area is 151 Å². The molecular formula is C17H21ClN4OS. The molecule has 1 aromatic carbocycles. The molecule has 1 saturated heterocycles. The maximum Gasteiger partial charge on any atom is 0.228 e. The molecular weight excluding hydrogens is 344 g/mol. The van der Waals surface area contributed by atoms with Gasteiger partial charge in [0.2, 0.25) is 11.0 Å². The van der Waals surface area contributed by atoms with E-state index in [-0.39, 0.29) is 11.3 Å². The lowest BCUT2D eigenvalue weighted by atomic mass is 9.94. The molecule has 0 saturated carbocycles. The smallest absolute Gasteiger partial charge is 0.228 e. The van der Waals surface area contributed by atoms with Crippen LogP contribution in [-0.4, -0.2) is 47.2 Å². The number of halogens is 1. The maximum absolute atomic E-state index is 12.4. The third-order valence-corrected chi connectivity index (χ3v) is 5.34. The highest BCUT2D eigenvalue weighted by atomic mass is 35.5. The van der Waals surface area contributed by atoms with Crippen molar-refractivity contribution in [3.8, 4) is 10.6 Å². The van der Waals surface area contributed by atoms with Crippen LogP contribution in [0.3, 0.4) is 0 Å². The molecule has 2 heterocycles. The van der Waals surface area contributed by atoms with Crippen LogP contribution in [0.25, 0.3) is 10.6 Å². The third-order valence-electron chi connectivity index (χ3n) is 4.00. The van der Waals surface area contributed by atoms with E-state index in [1.54, 1.807) is 0 Å². The van der Waals surface area contributed by atoms with Crippen LogP contribution in [0.15, 0.2) is 24.3 Å². The maximum atomic E-state index is 12.4. The first-order chi connectivity index (χ1) is 11.4. The zero-order chi connectivity index (χ0) is 17.3. The molecule has 1 amide bonds. The fourth-order valence-corrected chi connectivity index (χ4v) is 3.88. The van der Waals surface area contributed by atoms with E-state index in [2.05, 4.69) is 15.1 Å². The lowest BCUT2D eigenvalue weighted by Crippen LogP contribution is -2.51. The molecule has 7 heteroatoms. The highest BCUT2D eigenvalue weighted by Gasteiger charge is 2.30. The first kappa shape index (κ1) is 17.2. The lowest BCUT2D eigenvalue weighted by molar-refractivity contribution is -0.139. The number of anilines is 1. The topological polar surface area (TPSA) is 49.3 Å². The van der Waals surface area contributed by atoms with Crippen molar-refractivity contribution in [2.45, 2.75) is 20.8 Å². The second-order valence-corrected chi connectivity index (χ2v) is 8.26. The van der Waals surface area contributed by atoms with Crippen molar-refractivity contribution in [2.24, 2.45) is 5.41 Å². The first-order valence-electron chi connectivity index (χ1n) is 7.99. The molecule has 128 valence electrons. The second-order valence-electron chi connectivity index (χ2n) is 6.90. The Morgan fingerprint density at radius 1 is 1.12 bits per heavy atom. The number of rotatable bonds is 2. The van der Waals surface area contributed by atoms with Gasteiger partial charge in [-0.05, 0) is 6.07 Å². The van der Waals surface area contributed by atoms with Gasteiger partial charge in [0.05, 0.1) is 5.02 Å². The standard InChI is InChI=1S/C17H21ClN4OS/c1-17(2,3)15(23)21-8-10-22(11-9-21)16-20-19-14(24-16)12-6-4-5-7-13(12)18/h4-7H,8-11H2,1-3H3. The predicted molar refractivity (Wildman–Crippen MR) is 98.6 cm³/mol. The molecule has 0 bridgehead atoms. The van der Waals surface area contributed by atoms with Gasteiger partial charge < -0.3 is 9.80 Å². The lowest BCUT2D eigenvalue weighted by Gasteiger charge is -2.37. The molecule has 0 spiro atoms. The Morgan fingerprint density at radius 2 is 1.79 bits per heavy atom. The van der Waals surface area contributed by atoms with Gasteiger partial charge in [0.25, 0.3) is 0 Å². The Balaban J connectivity index is 1.68. The number of amides is 1. The highest BCUT2D eigenvalue weighted by molar-refractivity contribution is 7.18. The molecule has 2 aromatic rings. The number of hydrogen-bond acceptors (Lipinski definition) is 5. The van der Waals surface area contributed by atoms with E-state index < -0.39 is 0 Å². The van der Waals surface area contributed by atoms with E-state index in [0.29, 0.717) is 5.02 Å². The average Bonchev–Trinajstić information content (AvgIpc) is 3.03. The largest absolute Gasteiger partial charge is 0.343 e. The summed E-state index contributed by atoms with van der Waals surface area (Å²) < 4.78 is 0. The minimum atomic E-state index is -0.331. The molecule has 0 unspecified atom stereocenters. The van der Waals surface area contributed by atoms with Crippen LogP contribution >= 0.6 is 22.9 Å². The summed E-state index contributed by atoms with van der Waals surface area (Å²) in [5.41, 5.74) is 0.576. The SMILES string of the molecule is CC(C)(C)C(=O)N1CCN(c2nnc(-c3ccccc3Cl)s2)CC1. The van der Waals surface area contributed by atoms with Crippen molar-refractivity contribution in [1.29, 1.82) is 0 Å². The first-order valence-corrected chi connectivity index (χ1v) is 9.18. The number of piperazine rings is 1. The van der Waals surface area contributed by atoms with Crippen molar-refractivity contribution in [1.82, 2.24) is 15.1 Å². The van der Waals surface area contributed by atoms with Gasteiger partial charge in [-0.1, -0.05) is 61.9 Å². The van der Waals surface area contributed by atoms with Gasteiger partial charge >= 0.3 is 0 Å². The van der Waals surface area contributed by atoms with Crippen LogP contribution in [0, 0.1) is 5.41 Å². The molecule has 5 nitrogen and oxygen atoms in total. The molecule has 0 atom stereocenters. The molecule has 1 fully saturated rings. The number of nitrogens with zero attached hydrogens (tertiary/aromatic N) is 4. The molecule has 3 rings (SSSR count). The minimum Gasteiger partial charge on any atom is -0.343 e. The van der Waals surface area contributed by atoms with E-state index in [1.807, 2.05) is 49.9 Å². The predicted octanol–water partition coefficient (Wildman–Crippen LogP) is 3.55. The Bertz CT molecular complexity index is 732. The summed E-state index contributed by atoms with van der Waals surface area (Å²) in [4.78, 5) is 16.5. The fraction of sp³-hybridized carbons (Fsp3) is 0.471. The Hall–Kier alpha value is -1.66. The summed E-state index contributed by atoms with van der Waals surface area (Å²) >= 11 is 7.77. The van der Waals surface area contributed by atoms with Crippen molar-refractivity contribution in [2.75, 3.05) is 31.1 Å². The Kier molecular flexibility index (Phi) is 4.78. The zero-order valence-electron chi connectivity index (χ0n) is 14.1. The molecule has 0 radical (unpaired) electrons. The van der Waals surface area contributed by atoms with Gasteiger partial charge in [-0.15, -0.1) is 10.2 Å². The van der Waals surface area contributed by atoms with E-state index in [1.165, 1.54) is 11.3 Å². The monoisotopic (exact) mass is 364 g/mol. The molecule has 1 aliphatic heterocycles. The number of carbonyl (C=O) groups excluding carboxylic acids is 1. The van der Waals surface area contributed by atoms with Gasteiger partial charge in [-0.2, -0.15) is 0 Å². The number of hydrogen-bond donors (Lipinski definition) is 0. The van der Waals surface area contributed by atoms with Crippen LogP contribution in [0.1, 0.15) is 20.8 Å². The van der Waals surface area contributed by atoms with Crippen LogP contribution in [-0.2, 0) is 4.79 Å². The summed E-state index contributed by atoms with van der Waals surface area (Å²) in [5, 5.41) is 11.0. The molecule has 1 aromatic heterocycles. The normalized spacial score (nSPS) is 15.7. The van der Waals surface area contributed by atoms with Crippen molar-refractivity contribution < 1.29 is 4.79 Å². The van der Waals surface area contributed by atoms with E-state index in [0.717, 1.165) is 41.9 Å². The fourth-order valence-electron chi connectivity index (χ4n) is 2.66. The van der Waals surface area contributed by atoms with Gasteiger partial charge in [0, 0.05) is 37.2 Å². The third kappa shape index (κ3) is 3.54. The number of aromatic nitrogens is 2. The minimum absolute atomic E-state index is 0.205. The molecule has 24 heavy (non-hydrogen) atoms. The molecule has 0 aliphatic carbocycles. The zero-order valence-corrected chi connectivity index (χ0v) is 15.7. The van der Waals surface area contributed by atoms with Crippen molar-refractivity contribution >= 4 is 34.0 Å². The van der Waals surface area contributed by atoms with Gasteiger partial charge in [0.1, 0.15) is 0 Å². The average molecular weight is 365 g/mol. The summed E-state index contributed by atoms with van der Waals surface area (Å²) in [6.07, 6.45) is 0. The summed E-state index contributed by atoms with van der Waals surface area (Å²) in [5.74, 6) is 0.205. The van der Waals surface area contributed by atoms with Crippen LogP contribution in [0.4, 0.5) is 5.13 Å². The Morgan fingerprint density at radius 3 is 2.42 bits per heavy atom. The van der Waals surface area contributed by atoms with Crippen molar-refractivity contribution in [3.63, 3.8) is 0 Å². The number of benzene rings is 1. The second kappa shape index (κ2) is 6.69. The highest BCUT2D eigenvalue weighted by Crippen LogP contribution is 2.33. The quantitative estimate of drug-likeness (QED) is 0.817. The number of carbonyl (C=O) groups is 1. The van der Waals surface area contributed by atoms with Gasteiger partial charge in [-0.3, -0.25) is 4.79 Å². The van der Waals surface area contributed by atoms with Crippen LogP contribution in [0.2, 0.25) is 5.02 Å². The van der Waals surface area contributed by atoms with Crippen LogP contribution in [0.5, 0.6) is 0 Å². The van der Waals surface area contributed by atoms with E-state index in [9.17, 15) is 4.79 Å².